The number of nitrogens with zero attached hydrogens (tertiary/aromatic N) is 3. The van der Waals surface area contributed by atoms with Crippen molar-refractivity contribution in [1.82, 2.24) is 14.7 Å². The third kappa shape index (κ3) is 6.25. The zero-order valence-corrected chi connectivity index (χ0v) is 18.3. The smallest absolute Gasteiger partial charge is 0.221 e. The van der Waals surface area contributed by atoms with Crippen molar-refractivity contribution in [2.24, 2.45) is 0 Å². The highest BCUT2D eigenvalue weighted by Crippen LogP contribution is 2.25. The minimum Gasteiger partial charge on any atom is -0.396 e. The molecule has 0 bridgehead atoms. The summed E-state index contributed by atoms with van der Waals surface area (Å²) in [7, 11) is 0. The van der Waals surface area contributed by atoms with Gasteiger partial charge in [-0.25, -0.2) is 0 Å². The van der Waals surface area contributed by atoms with E-state index < -0.39 is 0 Å². The number of piperidine rings is 1. The van der Waals surface area contributed by atoms with Gasteiger partial charge in [0.15, 0.2) is 0 Å². The molecule has 1 aromatic carbocycles. The Labute approximate surface area is 175 Å². The summed E-state index contributed by atoms with van der Waals surface area (Å²) in [5.74, 6) is -0.0417. The number of carbonyl (C=O) groups is 1. The van der Waals surface area contributed by atoms with Crippen LogP contribution in [0.2, 0.25) is 0 Å². The highest BCUT2D eigenvalue weighted by molar-refractivity contribution is 5.88. The number of nitrogens with one attached hydrogen (secondary N) is 1. The van der Waals surface area contributed by atoms with Crippen LogP contribution < -0.4 is 5.32 Å². The second kappa shape index (κ2) is 10.5. The van der Waals surface area contributed by atoms with E-state index in [1.165, 1.54) is 38.4 Å². The van der Waals surface area contributed by atoms with Crippen molar-refractivity contribution in [3.05, 3.63) is 29.8 Å². The maximum absolute atomic E-state index is 11.2. The lowest BCUT2D eigenvalue weighted by atomic mass is 9.97. The summed E-state index contributed by atoms with van der Waals surface area (Å²) in [4.78, 5) is 19.0. The first-order valence-electron chi connectivity index (χ1n) is 11.2. The van der Waals surface area contributed by atoms with Gasteiger partial charge in [-0.3, -0.25) is 14.6 Å². The number of amides is 1. The van der Waals surface area contributed by atoms with Crippen LogP contribution in [-0.4, -0.2) is 83.2 Å². The lowest BCUT2D eigenvalue weighted by Crippen LogP contribution is -2.58. The number of hydrogen-bond acceptors (Lipinski definition) is 5. The van der Waals surface area contributed by atoms with Crippen LogP contribution in [0, 0.1) is 0 Å². The molecule has 0 saturated carbocycles. The second-order valence-corrected chi connectivity index (χ2v) is 8.88. The monoisotopic (exact) mass is 402 g/mol. The summed E-state index contributed by atoms with van der Waals surface area (Å²) in [5.41, 5.74) is 2.11. The number of benzene rings is 1. The fourth-order valence-corrected chi connectivity index (χ4v) is 4.85. The SMILES string of the molecule is CC(=O)Nc1ccc(CN2CCN(C3CCN(C(C)C)CC3)[C@@H](CCO)C2)cc1. The third-order valence-electron chi connectivity index (χ3n) is 6.45. The molecule has 29 heavy (non-hydrogen) atoms. The molecule has 2 fully saturated rings. The van der Waals surface area contributed by atoms with Crippen molar-refractivity contribution in [3.63, 3.8) is 0 Å². The van der Waals surface area contributed by atoms with Gasteiger partial charge in [-0.15, -0.1) is 0 Å². The number of aliphatic hydroxyl groups is 1. The molecule has 1 amide bonds. The van der Waals surface area contributed by atoms with E-state index >= 15 is 0 Å². The van der Waals surface area contributed by atoms with E-state index in [2.05, 4.69) is 46.0 Å². The average Bonchev–Trinajstić information content (AvgIpc) is 2.70. The molecule has 2 saturated heterocycles. The molecule has 2 heterocycles. The number of aliphatic hydroxyl groups excluding tert-OH is 1. The minimum absolute atomic E-state index is 0.0417. The first-order valence-corrected chi connectivity index (χ1v) is 11.2. The topological polar surface area (TPSA) is 59.1 Å². The molecule has 2 aliphatic rings. The first kappa shape index (κ1) is 22.2. The van der Waals surface area contributed by atoms with E-state index in [0.29, 0.717) is 18.1 Å². The molecule has 3 rings (SSSR count). The van der Waals surface area contributed by atoms with E-state index in [1.54, 1.807) is 0 Å². The van der Waals surface area contributed by atoms with Crippen LogP contribution in [0.5, 0.6) is 0 Å². The molecule has 0 unspecified atom stereocenters. The summed E-state index contributed by atoms with van der Waals surface area (Å²) < 4.78 is 0. The van der Waals surface area contributed by atoms with Crippen molar-refractivity contribution >= 4 is 11.6 Å². The second-order valence-electron chi connectivity index (χ2n) is 8.88. The Morgan fingerprint density at radius 1 is 1.14 bits per heavy atom. The van der Waals surface area contributed by atoms with Crippen LogP contribution in [0.4, 0.5) is 5.69 Å². The van der Waals surface area contributed by atoms with Crippen LogP contribution in [0.25, 0.3) is 0 Å². The number of rotatable bonds is 7. The van der Waals surface area contributed by atoms with E-state index in [9.17, 15) is 9.90 Å². The van der Waals surface area contributed by atoms with Gasteiger partial charge in [-0.05, 0) is 63.9 Å². The third-order valence-corrected chi connectivity index (χ3v) is 6.45. The molecule has 0 aromatic heterocycles. The summed E-state index contributed by atoms with van der Waals surface area (Å²) in [6.07, 6.45) is 3.33. The van der Waals surface area contributed by atoms with Crippen molar-refractivity contribution in [2.45, 2.75) is 64.7 Å². The Bertz CT molecular complexity index is 641. The molecular weight excluding hydrogens is 364 g/mol. The van der Waals surface area contributed by atoms with Crippen LogP contribution in [0.15, 0.2) is 24.3 Å². The lowest BCUT2D eigenvalue weighted by molar-refractivity contribution is -0.114. The molecule has 0 aliphatic carbocycles. The van der Waals surface area contributed by atoms with E-state index in [0.717, 1.165) is 38.3 Å². The van der Waals surface area contributed by atoms with Crippen LogP contribution in [0.3, 0.4) is 0 Å². The molecule has 2 N–H and O–H groups in total. The molecule has 6 heteroatoms. The Kier molecular flexibility index (Phi) is 8.07. The standard InChI is InChI=1S/C23H38N4O2/c1-18(2)26-11-8-22(9-12-26)27-14-13-25(17-23(27)10-15-28)16-20-4-6-21(7-5-20)24-19(3)29/h4-7,18,22-23,28H,8-17H2,1-3H3,(H,24,29)/t23-/m0/s1. The van der Waals surface area contributed by atoms with Crippen LogP contribution in [-0.2, 0) is 11.3 Å². The van der Waals surface area contributed by atoms with Gasteiger partial charge in [0, 0.05) is 63.5 Å². The van der Waals surface area contributed by atoms with Crippen LogP contribution in [0.1, 0.15) is 45.6 Å². The number of carbonyl (C=O) groups excluding carboxylic acids is 1. The highest BCUT2D eigenvalue weighted by Gasteiger charge is 2.33. The molecule has 0 spiro atoms. The Morgan fingerprint density at radius 3 is 2.41 bits per heavy atom. The molecule has 2 aliphatic heterocycles. The van der Waals surface area contributed by atoms with Crippen LogP contribution >= 0.6 is 0 Å². The average molecular weight is 403 g/mol. The molecule has 0 radical (unpaired) electrons. The number of hydrogen-bond donors (Lipinski definition) is 2. The number of likely N-dealkylation sites (tertiary alicyclic amines) is 1. The van der Waals surface area contributed by atoms with Gasteiger partial charge in [-0.2, -0.15) is 0 Å². The van der Waals surface area contributed by atoms with Gasteiger partial charge >= 0.3 is 0 Å². The van der Waals surface area contributed by atoms with Crippen molar-refractivity contribution < 1.29 is 9.90 Å². The maximum Gasteiger partial charge on any atom is 0.221 e. The largest absolute Gasteiger partial charge is 0.396 e. The molecule has 6 nitrogen and oxygen atoms in total. The normalized spacial score (nSPS) is 22.9. The Balaban J connectivity index is 1.55. The zero-order chi connectivity index (χ0) is 20.8. The summed E-state index contributed by atoms with van der Waals surface area (Å²) in [6, 6.07) is 9.86. The molecule has 162 valence electrons. The van der Waals surface area contributed by atoms with Gasteiger partial charge < -0.3 is 15.3 Å². The number of anilines is 1. The quantitative estimate of drug-likeness (QED) is 0.733. The minimum atomic E-state index is -0.0417. The van der Waals surface area contributed by atoms with E-state index in [1.807, 2.05) is 12.1 Å². The molecule has 1 aromatic rings. The lowest BCUT2D eigenvalue weighted by Gasteiger charge is -2.48. The molecule has 1 atom stereocenters. The van der Waals surface area contributed by atoms with Crippen molar-refractivity contribution in [2.75, 3.05) is 44.6 Å². The zero-order valence-electron chi connectivity index (χ0n) is 18.3. The fraction of sp³-hybridized carbons (Fsp3) is 0.696. The van der Waals surface area contributed by atoms with Gasteiger partial charge in [-0.1, -0.05) is 12.1 Å². The van der Waals surface area contributed by atoms with Gasteiger partial charge in [0.25, 0.3) is 0 Å². The molecular formula is C23H38N4O2. The first-order chi connectivity index (χ1) is 14.0. The van der Waals surface area contributed by atoms with Crippen molar-refractivity contribution in [1.29, 1.82) is 0 Å². The van der Waals surface area contributed by atoms with Crippen molar-refractivity contribution in [3.8, 4) is 0 Å². The van der Waals surface area contributed by atoms with Gasteiger partial charge in [0.1, 0.15) is 0 Å². The van der Waals surface area contributed by atoms with Gasteiger partial charge in [0.2, 0.25) is 5.91 Å². The van der Waals surface area contributed by atoms with E-state index in [4.69, 9.17) is 0 Å². The Morgan fingerprint density at radius 2 is 1.83 bits per heavy atom. The fourth-order valence-electron chi connectivity index (χ4n) is 4.85. The Hall–Kier alpha value is -1.47. The predicted molar refractivity (Wildman–Crippen MR) is 118 cm³/mol. The predicted octanol–water partition coefficient (Wildman–Crippen LogP) is 2.39. The van der Waals surface area contributed by atoms with E-state index in [-0.39, 0.29) is 12.5 Å². The summed E-state index contributed by atoms with van der Waals surface area (Å²) in [5, 5.41) is 12.5. The summed E-state index contributed by atoms with van der Waals surface area (Å²) >= 11 is 0. The number of piperazine rings is 1. The van der Waals surface area contributed by atoms with Gasteiger partial charge in [0.05, 0.1) is 0 Å². The highest BCUT2D eigenvalue weighted by atomic mass is 16.3. The maximum atomic E-state index is 11.2. The summed E-state index contributed by atoms with van der Waals surface area (Å²) in [6.45, 7) is 12.8.